The van der Waals surface area contributed by atoms with Crippen molar-refractivity contribution >= 4 is 29.4 Å². The molecule has 1 unspecified atom stereocenters. The first kappa shape index (κ1) is 25.1. The molecule has 0 bridgehead atoms. The van der Waals surface area contributed by atoms with E-state index in [1.165, 1.54) is 0 Å². The normalized spacial score (nSPS) is 11.7. The molecule has 0 saturated heterocycles. The molecule has 0 spiro atoms. The Hall–Kier alpha value is -2.94. The van der Waals surface area contributed by atoms with Gasteiger partial charge in [0.25, 0.3) is 0 Å². The molecule has 0 radical (unpaired) electrons. The molecule has 0 aromatic heterocycles. The molecule has 1 aromatic carbocycles. The van der Waals surface area contributed by atoms with Gasteiger partial charge in [-0.25, -0.2) is 0 Å². The maximum absolute atomic E-state index is 12.3. The van der Waals surface area contributed by atoms with Gasteiger partial charge >= 0.3 is 5.97 Å². The number of ether oxygens (including phenoxy) is 1. The average Bonchev–Trinajstić information content (AvgIpc) is 2.69. The van der Waals surface area contributed by atoms with Gasteiger partial charge in [0.1, 0.15) is 12.6 Å². The highest BCUT2D eigenvalue weighted by Crippen LogP contribution is 2.11. The second-order valence-corrected chi connectivity index (χ2v) is 7.54. The van der Waals surface area contributed by atoms with Crippen molar-refractivity contribution in [3.63, 3.8) is 0 Å². The van der Waals surface area contributed by atoms with Crippen LogP contribution in [-0.4, -0.2) is 49.9 Å². The number of anilines is 1. The van der Waals surface area contributed by atoms with E-state index in [0.29, 0.717) is 5.69 Å². The van der Waals surface area contributed by atoms with Gasteiger partial charge in [-0.15, -0.1) is 0 Å². The third-order valence-corrected chi connectivity index (χ3v) is 4.12. The van der Waals surface area contributed by atoms with E-state index in [0.717, 1.165) is 5.56 Å². The van der Waals surface area contributed by atoms with Crippen LogP contribution in [-0.2, 0) is 30.5 Å². The number of nitrogens with one attached hydrogen (secondary N) is 4. The Balaban J connectivity index is 2.50. The molecular formula is C21H32N4O5. The molecule has 1 atom stereocenters. The van der Waals surface area contributed by atoms with E-state index in [1.807, 2.05) is 13.8 Å². The lowest BCUT2D eigenvalue weighted by atomic mass is 10.0. The fourth-order valence-corrected chi connectivity index (χ4v) is 2.41. The van der Waals surface area contributed by atoms with Crippen LogP contribution in [0.5, 0.6) is 0 Å². The zero-order chi connectivity index (χ0) is 22.7. The van der Waals surface area contributed by atoms with E-state index in [-0.39, 0.29) is 43.4 Å². The number of likely N-dealkylation sites (N-methyl/N-ethyl adjacent to an activating group) is 1. The second kappa shape index (κ2) is 12.6. The van der Waals surface area contributed by atoms with Crippen LogP contribution in [0.2, 0.25) is 0 Å². The van der Waals surface area contributed by atoms with E-state index in [2.05, 4.69) is 21.3 Å². The minimum atomic E-state index is -0.730. The number of hydrogen-bond acceptors (Lipinski definition) is 6. The summed E-state index contributed by atoms with van der Waals surface area (Å²) in [7, 11) is 1.64. The largest absolute Gasteiger partial charge is 0.461 e. The summed E-state index contributed by atoms with van der Waals surface area (Å²) in [6.07, 6.45) is 0. The summed E-state index contributed by atoms with van der Waals surface area (Å²) in [5.74, 6) is -1.71. The lowest BCUT2D eigenvalue weighted by Gasteiger charge is -2.21. The molecule has 166 valence electrons. The smallest absolute Gasteiger partial charge is 0.308 e. The van der Waals surface area contributed by atoms with E-state index < -0.39 is 17.9 Å². The van der Waals surface area contributed by atoms with E-state index in [4.69, 9.17) is 4.74 Å². The number of esters is 1. The summed E-state index contributed by atoms with van der Waals surface area (Å²) in [4.78, 5) is 47.7. The van der Waals surface area contributed by atoms with Gasteiger partial charge in [-0.05, 0) is 30.7 Å². The number of carbonyl (C=O) groups is 4. The fraction of sp³-hybridized carbons (Fsp3) is 0.524. The van der Waals surface area contributed by atoms with E-state index in [9.17, 15) is 19.2 Å². The predicted molar refractivity (Wildman–Crippen MR) is 113 cm³/mol. The summed E-state index contributed by atoms with van der Waals surface area (Å²) in [6, 6.07) is 6.13. The van der Waals surface area contributed by atoms with Crippen molar-refractivity contribution in [2.24, 2.45) is 11.8 Å². The monoisotopic (exact) mass is 420 g/mol. The van der Waals surface area contributed by atoms with Crippen molar-refractivity contribution in [3.05, 3.63) is 29.8 Å². The van der Waals surface area contributed by atoms with Crippen LogP contribution < -0.4 is 21.3 Å². The highest BCUT2D eigenvalue weighted by molar-refractivity contribution is 5.96. The molecular weight excluding hydrogens is 388 g/mol. The van der Waals surface area contributed by atoms with Crippen molar-refractivity contribution in [1.29, 1.82) is 0 Å². The fourth-order valence-electron chi connectivity index (χ4n) is 2.41. The summed E-state index contributed by atoms with van der Waals surface area (Å²) in [5.41, 5.74) is 1.35. The van der Waals surface area contributed by atoms with Gasteiger partial charge in [-0.1, -0.05) is 39.8 Å². The molecule has 0 heterocycles. The average molecular weight is 421 g/mol. The lowest BCUT2D eigenvalue weighted by Crippen LogP contribution is -2.52. The minimum Gasteiger partial charge on any atom is -0.461 e. The Kier molecular flexibility index (Phi) is 10.5. The zero-order valence-electron chi connectivity index (χ0n) is 18.2. The molecule has 9 nitrogen and oxygen atoms in total. The van der Waals surface area contributed by atoms with Crippen LogP contribution in [0.4, 0.5) is 5.69 Å². The first-order chi connectivity index (χ1) is 14.1. The minimum absolute atomic E-state index is 0.101. The molecule has 3 amide bonds. The molecule has 0 saturated carbocycles. The maximum Gasteiger partial charge on any atom is 0.308 e. The van der Waals surface area contributed by atoms with Crippen LogP contribution in [0.15, 0.2) is 24.3 Å². The van der Waals surface area contributed by atoms with Crippen LogP contribution in [0.1, 0.15) is 33.3 Å². The summed E-state index contributed by atoms with van der Waals surface area (Å²) < 4.78 is 5.15. The quantitative estimate of drug-likeness (QED) is 0.393. The van der Waals surface area contributed by atoms with Crippen molar-refractivity contribution in [1.82, 2.24) is 16.0 Å². The number of carbonyl (C=O) groups excluding carboxylic acids is 4. The Bertz CT molecular complexity index is 731. The second-order valence-electron chi connectivity index (χ2n) is 7.54. The van der Waals surface area contributed by atoms with Gasteiger partial charge < -0.3 is 26.0 Å². The first-order valence-corrected chi connectivity index (χ1v) is 9.91. The predicted octanol–water partition coefficient (Wildman–Crippen LogP) is 0.801. The molecule has 0 aliphatic rings. The standard InChI is InChI=1S/C21H32N4O5/c1-13(2)19(25-17(26)10-22-5)20(28)23-11-18(27)24-16-8-6-15(7-9-16)12-30-21(29)14(3)4/h6-9,13-14,19,22H,10-12H2,1-5H3,(H,23,28)(H,24,27)(H,25,26). The topological polar surface area (TPSA) is 126 Å². The van der Waals surface area contributed by atoms with Gasteiger partial charge in [-0.3, -0.25) is 19.2 Å². The zero-order valence-corrected chi connectivity index (χ0v) is 18.2. The van der Waals surface area contributed by atoms with Crippen LogP contribution in [0.3, 0.4) is 0 Å². The molecule has 4 N–H and O–H groups in total. The molecule has 0 aliphatic heterocycles. The molecule has 0 aliphatic carbocycles. The number of hydrogen-bond donors (Lipinski definition) is 4. The summed E-state index contributed by atoms with van der Waals surface area (Å²) >= 11 is 0. The lowest BCUT2D eigenvalue weighted by molar-refractivity contribution is -0.148. The molecule has 0 fully saturated rings. The van der Waals surface area contributed by atoms with E-state index in [1.54, 1.807) is 45.2 Å². The van der Waals surface area contributed by atoms with Crippen LogP contribution >= 0.6 is 0 Å². The third-order valence-electron chi connectivity index (χ3n) is 4.12. The first-order valence-electron chi connectivity index (χ1n) is 9.91. The van der Waals surface area contributed by atoms with Crippen molar-refractivity contribution in [2.75, 3.05) is 25.5 Å². The Morgan fingerprint density at radius 2 is 1.57 bits per heavy atom. The van der Waals surface area contributed by atoms with Crippen molar-refractivity contribution < 1.29 is 23.9 Å². The highest BCUT2D eigenvalue weighted by Gasteiger charge is 2.24. The van der Waals surface area contributed by atoms with Gasteiger partial charge in [-0.2, -0.15) is 0 Å². The van der Waals surface area contributed by atoms with Crippen LogP contribution in [0, 0.1) is 11.8 Å². The number of benzene rings is 1. The molecule has 30 heavy (non-hydrogen) atoms. The maximum atomic E-state index is 12.3. The Morgan fingerprint density at radius 1 is 0.933 bits per heavy atom. The molecule has 9 heteroatoms. The summed E-state index contributed by atoms with van der Waals surface area (Å²) in [6.45, 7) is 7.19. The summed E-state index contributed by atoms with van der Waals surface area (Å²) in [5, 5.41) is 10.6. The SMILES string of the molecule is CNCC(=O)NC(C(=O)NCC(=O)Nc1ccc(COC(=O)C(C)C)cc1)C(C)C. The van der Waals surface area contributed by atoms with Gasteiger partial charge in [0, 0.05) is 5.69 Å². The number of amides is 3. The highest BCUT2D eigenvalue weighted by atomic mass is 16.5. The van der Waals surface area contributed by atoms with Crippen molar-refractivity contribution in [2.45, 2.75) is 40.3 Å². The molecule has 1 aromatic rings. The van der Waals surface area contributed by atoms with Crippen molar-refractivity contribution in [3.8, 4) is 0 Å². The van der Waals surface area contributed by atoms with Gasteiger partial charge in [0.05, 0.1) is 19.0 Å². The number of rotatable bonds is 11. The van der Waals surface area contributed by atoms with Gasteiger partial charge in [0.15, 0.2) is 0 Å². The Morgan fingerprint density at radius 3 is 2.10 bits per heavy atom. The van der Waals surface area contributed by atoms with Gasteiger partial charge in [0.2, 0.25) is 17.7 Å². The van der Waals surface area contributed by atoms with Crippen LogP contribution in [0.25, 0.3) is 0 Å². The third kappa shape index (κ3) is 9.04. The molecule has 1 rings (SSSR count). The Labute approximate surface area is 177 Å². The van der Waals surface area contributed by atoms with E-state index >= 15 is 0 Å².